The van der Waals surface area contributed by atoms with Crippen LogP contribution in [0.3, 0.4) is 0 Å². The zero-order valence-electron chi connectivity index (χ0n) is 14.9. The fourth-order valence-corrected chi connectivity index (χ4v) is 3.32. The molecule has 0 spiro atoms. The van der Waals surface area contributed by atoms with Crippen molar-refractivity contribution in [2.45, 2.75) is 31.8 Å². The van der Waals surface area contributed by atoms with Crippen LogP contribution in [0.2, 0.25) is 0 Å². The van der Waals surface area contributed by atoms with Crippen LogP contribution in [0.4, 0.5) is 10.5 Å². The largest absolute Gasteiger partial charge is 0.371 e. The molecule has 1 saturated heterocycles. The maximum absolute atomic E-state index is 12.5. The number of likely N-dealkylation sites (tertiary alicyclic amines) is 1. The van der Waals surface area contributed by atoms with Gasteiger partial charge in [0.25, 0.3) is 0 Å². The number of aromatic nitrogens is 1. The standard InChI is InChI=1S/C20H26N4O/c1-16(17-7-6-12-21-15-17)22-20(25)24-13-10-19(11-14-24)23(2)18-8-4-3-5-9-18/h3-9,12,15-16,19H,10-11,13-14H2,1-2H3,(H,22,25)/t16-/m1/s1. The van der Waals surface area contributed by atoms with E-state index in [-0.39, 0.29) is 12.1 Å². The van der Waals surface area contributed by atoms with Crippen molar-refractivity contribution in [1.29, 1.82) is 0 Å². The smallest absolute Gasteiger partial charge is 0.317 e. The van der Waals surface area contributed by atoms with E-state index < -0.39 is 0 Å². The van der Waals surface area contributed by atoms with Crippen LogP contribution < -0.4 is 10.2 Å². The van der Waals surface area contributed by atoms with Gasteiger partial charge in [-0.15, -0.1) is 0 Å². The summed E-state index contributed by atoms with van der Waals surface area (Å²) in [6.45, 7) is 3.56. The summed E-state index contributed by atoms with van der Waals surface area (Å²) >= 11 is 0. The highest BCUT2D eigenvalue weighted by molar-refractivity contribution is 5.74. The van der Waals surface area contributed by atoms with Gasteiger partial charge in [-0.1, -0.05) is 24.3 Å². The molecule has 5 heteroatoms. The second-order valence-electron chi connectivity index (χ2n) is 6.62. The molecule has 0 saturated carbocycles. The molecule has 0 unspecified atom stereocenters. The summed E-state index contributed by atoms with van der Waals surface area (Å²) in [6.07, 6.45) is 5.51. The number of hydrogen-bond donors (Lipinski definition) is 1. The summed E-state index contributed by atoms with van der Waals surface area (Å²) in [5, 5.41) is 3.08. The Morgan fingerprint density at radius 1 is 1.20 bits per heavy atom. The van der Waals surface area contributed by atoms with Crippen LogP contribution in [0.5, 0.6) is 0 Å². The van der Waals surface area contributed by atoms with E-state index in [4.69, 9.17) is 0 Å². The minimum absolute atomic E-state index is 0.0113. The normalized spacial score (nSPS) is 16.3. The second-order valence-corrected chi connectivity index (χ2v) is 6.62. The molecular weight excluding hydrogens is 312 g/mol. The number of urea groups is 1. The quantitative estimate of drug-likeness (QED) is 0.929. The van der Waals surface area contributed by atoms with E-state index in [1.807, 2.05) is 30.0 Å². The predicted octanol–water partition coefficient (Wildman–Crippen LogP) is 3.45. The number of pyridine rings is 1. The molecule has 1 aromatic carbocycles. The number of para-hydroxylation sites is 1. The maximum atomic E-state index is 12.5. The predicted molar refractivity (Wildman–Crippen MR) is 101 cm³/mol. The van der Waals surface area contributed by atoms with Gasteiger partial charge in [-0.05, 0) is 43.5 Å². The van der Waals surface area contributed by atoms with E-state index in [1.54, 1.807) is 12.4 Å². The SMILES string of the molecule is C[C@@H](NC(=O)N1CCC(N(C)c2ccccc2)CC1)c1cccnc1. The minimum atomic E-state index is -0.0362. The third-order valence-corrected chi connectivity index (χ3v) is 4.99. The first kappa shape index (κ1) is 17.3. The van der Waals surface area contributed by atoms with E-state index in [9.17, 15) is 4.79 Å². The average molecular weight is 338 g/mol. The van der Waals surface area contributed by atoms with Gasteiger partial charge >= 0.3 is 6.03 Å². The Morgan fingerprint density at radius 3 is 2.56 bits per heavy atom. The van der Waals surface area contributed by atoms with Crippen molar-refractivity contribution in [3.63, 3.8) is 0 Å². The molecule has 2 amide bonds. The van der Waals surface area contributed by atoms with Crippen LogP contribution in [-0.4, -0.2) is 42.1 Å². The van der Waals surface area contributed by atoms with E-state index in [1.165, 1.54) is 5.69 Å². The maximum Gasteiger partial charge on any atom is 0.317 e. The molecule has 1 aliphatic heterocycles. The number of piperidine rings is 1. The molecule has 1 fully saturated rings. The van der Waals surface area contributed by atoms with Gasteiger partial charge < -0.3 is 15.1 Å². The van der Waals surface area contributed by atoms with Crippen LogP contribution in [0.25, 0.3) is 0 Å². The molecule has 3 rings (SSSR count). The molecule has 1 N–H and O–H groups in total. The number of anilines is 1. The number of carbonyl (C=O) groups is 1. The third-order valence-electron chi connectivity index (χ3n) is 4.99. The van der Waals surface area contributed by atoms with Crippen molar-refractivity contribution in [2.24, 2.45) is 0 Å². The van der Waals surface area contributed by atoms with Crippen molar-refractivity contribution >= 4 is 11.7 Å². The molecule has 25 heavy (non-hydrogen) atoms. The lowest BCUT2D eigenvalue weighted by atomic mass is 10.0. The van der Waals surface area contributed by atoms with E-state index in [0.717, 1.165) is 31.5 Å². The Morgan fingerprint density at radius 2 is 1.92 bits per heavy atom. The van der Waals surface area contributed by atoms with Crippen molar-refractivity contribution in [2.75, 3.05) is 25.0 Å². The number of hydrogen-bond acceptors (Lipinski definition) is 3. The van der Waals surface area contributed by atoms with Crippen molar-refractivity contribution in [3.05, 3.63) is 60.4 Å². The molecule has 5 nitrogen and oxygen atoms in total. The van der Waals surface area contributed by atoms with Crippen LogP contribution in [0.1, 0.15) is 31.4 Å². The first-order valence-electron chi connectivity index (χ1n) is 8.88. The number of rotatable bonds is 4. The number of nitrogens with one attached hydrogen (secondary N) is 1. The Labute approximate surface area is 149 Å². The van der Waals surface area contributed by atoms with E-state index >= 15 is 0 Å². The summed E-state index contributed by atoms with van der Waals surface area (Å²) in [6, 6.07) is 14.8. The summed E-state index contributed by atoms with van der Waals surface area (Å²) in [5.74, 6) is 0. The van der Waals surface area contributed by atoms with Gasteiger partial charge in [-0.25, -0.2) is 4.79 Å². The van der Waals surface area contributed by atoms with Crippen LogP contribution in [0.15, 0.2) is 54.9 Å². The summed E-state index contributed by atoms with van der Waals surface area (Å²) in [5.41, 5.74) is 2.25. The van der Waals surface area contributed by atoms with E-state index in [0.29, 0.717) is 6.04 Å². The first-order chi connectivity index (χ1) is 12.1. The fourth-order valence-electron chi connectivity index (χ4n) is 3.32. The van der Waals surface area contributed by atoms with Gasteiger partial charge in [0, 0.05) is 44.3 Å². The summed E-state index contributed by atoms with van der Waals surface area (Å²) in [7, 11) is 2.14. The third kappa shape index (κ3) is 4.29. The molecule has 2 heterocycles. The molecule has 0 aliphatic carbocycles. The molecule has 132 valence electrons. The molecule has 1 aromatic heterocycles. The Bertz CT molecular complexity index is 669. The van der Waals surface area contributed by atoms with E-state index in [2.05, 4.69) is 46.5 Å². The highest BCUT2D eigenvalue weighted by atomic mass is 16.2. The van der Waals surface area contributed by atoms with Crippen molar-refractivity contribution in [3.8, 4) is 0 Å². The van der Waals surface area contributed by atoms with Gasteiger partial charge in [0.05, 0.1) is 6.04 Å². The highest BCUT2D eigenvalue weighted by Gasteiger charge is 2.26. The molecule has 0 bridgehead atoms. The van der Waals surface area contributed by atoms with Crippen LogP contribution >= 0.6 is 0 Å². The lowest BCUT2D eigenvalue weighted by molar-refractivity contribution is 0.178. The van der Waals surface area contributed by atoms with Gasteiger partial charge in [-0.2, -0.15) is 0 Å². The molecule has 1 atom stereocenters. The van der Waals surface area contributed by atoms with Gasteiger partial charge in [-0.3, -0.25) is 4.98 Å². The molecule has 1 aliphatic rings. The Hall–Kier alpha value is -2.56. The zero-order valence-corrected chi connectivity index (χ0v) is 14.9. The lowest BCUT2D eigenvalue weighted by Gasteiger charge is -2.38. The number of benzene rings is 1. The molecular formula is C20H26N4O. The summed E-state index contributed by atoms with van der Waals surface area (Å²) < 4.78 is 0. The molecule has 2 aromatic rings. The topological polar surface area (TPSA) is 48.5 Å². The average Bonchev–Trinajstić information content (AvgIpc) is 2.69. The summed E-state index contributed by atoms with van der Waals surface area (Å²) in [4.78, 5) is 20.9. The molecule has 0 radical (unpaired) electrons. The fraction of sp³-hybridized carbons (Fsp3) is 0.400. The van der Waals surface area contributed by atoms with Crippen LogP contribution in [0, 0.1) is 0 Å². The minimum Gasteiger partial charge on any atom is -0.371 e. The highest BCUT2D eigenvalue weighted by Crippen LogP contribution is 2.22. The Kier molecular flexibility index (Phi) is 5.53. The van der Waals surface area contributed by atoms with Crippen molar-refractivity contribution in [1.82, 2.24) is 15.2 Å². The monoisotopic (exact) mass is 338 g/mol. The van der Waals surface area contributed by atoms with Gasteiger partial charge in [0.1, 0.15) is 0 Å². The van der Waals surface area contributed by atoms with Crippen LogP contribution in [-0.2, 0) is 0 Å². The second kappa shape index (κ2) is 8.01. The Balaban J connectivity index is 1.51. The zero-order chi connectivity index (χ0) is 17.6. The van der Waals surface area contributed by atoms with Gasteiger partial charge in [0.2, 0.25) is 0 Å². The number of amides is 2. The lowest BCUT2D eigenvalue weighted by Crippen LogP contribution is -2.49. The van der Waals surface area contributed by atoms with Gasteiger partial charge in [0.15, 0.2) is 0 Å². The van der Waals surface area contributed by atoms with Crippen molar-refractivity contribution < 1.29 is 4.79 Å². The first-order valence-corrected chi connectivity index (χ1v) is 8.88. The number of carbonyl (C=O) groups excluding carboxylic acids is 1. The number of nitrogens with zero attached hydrogens (tertiary/aromatic N) is 3.